The number of carbonyl (C=O) groups is 1. The van der Waals surface area contributed by atoms with Crippen molar-refractivity contribution in [2.75, 3.05) is 0 Å². The number of rotatable bonds is 4. The summed E-state index contributed by atoms with van der Waals surface area (Å²) in [6.07, 6.45) is -0.630. The second-order valence-electron chi connectivity index (χ2n) is 4.63. The molecular weight excluding hydrogens is 273 g/mol. The van der Waals surface area contributed by atoms with Crippen LogP contribution >= 0.6 is 0 Å². The van der Waals surface area contributed by atoms with E-state index in [2.05, 4.69) is 5.32 Å². The van der Waals surface area contributed by atoms with E-state index < -0.39 is 18.0 Å². The van der Waals surface area contributed by atoms with Gasteiger partial charge < -0.3 is 15.2 Å². The van der Waals surface area contributed by atoms with Crippen LogP contribution in [0.4, 0.5) is 9.18 Å². The lowest BCUT2D eigenvalue weighted by atomic mass is 10.1. The summed E-state index contributed by atoms with van der Waals surface area (Å²) in [5.74, 6) is -0.554. The van der Waals surface area contributed by atoms with Gasteiger partial charge in [0.05, 0.1) is 6.04 Å². The van der Waals surface area contributed by atoms with Crippen molar-refractivity contribution in [2.45, 2.75) is 19.6 Å². The van der Waals surface area contributed by atoms with Gasteiger partial charge in [0.15, 0.2) is 0 Å². The molecule has 0 aliphatic rings. The van der Waals surface area contributed by atoms with Gasteiger partial charge in [-0.2, -0.15) is 0 Å². The summed E-state index contributed by atoms with van der Waals surface area (Å²) in [5, 5.41) is 12.2. The van der Waals surface area contributed by atoms with Crippen LogP contribution in [0.15, 0.2) is 48.5 Å². The van der Waals surface area contributed by atoms with E-state index in [0.29, 0.717) is 5.56 Å². The van der Waals surface area contributed by atoms with E-state index in [0.717, 1.165) is 11.6 Å². The van der Waals surface area contributed by atoms with Crippen LogP contribution in [0.5, 0.6) is 5.75 Å². The maximum atomic E-state index is 13.2. The van der Waals surface area contributed by atoms with Crippen LogP contribution in [0.1, 0.15) is 24.1 Å². The lowest BCUT2D eigenvalue weighted by Gasteiger charge is -2.15. The molecular formula is C16H16FNO3. The van der Waals surface area contributed by atoms with Gasteiger partial charge in [0.2, 0.25) is 0 Å². The summed E-state index contributed by atoms with van der Waals surface area (Å²) < 4.78 is 18.2. The van der Waals surface area contributed by atoms with Gasteiger partial charge in [-0.15, -0.1) is 0 Å². The van der Waals surface area contributed by atoms with E-state index in [1.54, 1.807) is 6.92 Å². The minimum Gasteiger partial charge on any atom is -0.508 e. The molecule has 0 saturated heterocycles. The first kappa shape index (κ1) is 14.8. The Balaban J connectivity index is 1.91. The normalized spacial score (nSPS) is 11.7. The molecule has 0 spiro atoms. The molecule has 2 aromatic carbocycles. The molecule has 0 aromatic heterocycles. The summed E-state index contributed by atoms with van der Waals surface area (Å²) in [6.45, 7) is 1.78. The average Bonchev–Trinajstić information content (AvgIpc) is 2.48. The molecule has 0 aliphatic carbocycles. The van der Waals surface area contributed by atoms with Gasteiger partial charge >= 0.3 is 6.09 Å². The predicted molar refractivity (Wildman–Crippen MR) is 76.2 cm³/mol. The summed E-state index contributed by atoms with van der Waals surface area (Å²) in [7, 11) is 0. The van der Waals surface area contributed by atoms with Crippen molar-refractivity contribution in [2.24, 2.45) is 0 Å². The molecule has 2 aromatic rings. The van der Waals surface area contributed by atoms with Crippen LogP contribution in [0, 0.1) is 5.82 Å². The largest absolute Gasteiger partial charge is 0.508 e. The van der Waals surface area contributed by atoms with Crippen LogP contribution in [-0.4, -0.2) is 11.2 Å². The fraction of sp³-hybridized carbons (Fsp3) is 0.188. The Morgan fingerprint density at radius 3 is 2.71 bits per heavy atom. The number of halogens is 1. The number of hydrogen-bond donors (Lipinski definition) is 2. The quantitative estimate of drug-likeness (QED) is 0.905. The number of nitrogens with one attached hydrogen (secondary N) is 1. The molecule has 110 valence electrons. The van der Waals surface area contributed by atoms with Gasteiger partial charge in [0.1, 0.15) is 18.2 Å². The predicted octanol–water partition coefficient (Wildman–Crippen LogP) is 3.52. The number of ether oxygens (including phenoxy) is 1. The topological polar surface area (TPSA) is 58.6 Å². The number of benzene rings is 2. The zero-order valence-corrected chi connectivity index (χ0v) is 11.5. The third kappa shape index (κ3) is 4.21. The molecule has 0 aliphatic heterocycles. The number of phenolic OH excluding ortho intramolecular Hbond substituents is 1. The van der Waals surface area contributed by atoms with Crippen LogP contribution < -0.4 is 5.32 Å². The minimum absolute atomic E-state index is 0.0766. The van der Waals surface area contributed by atoms with Crippen molar-refractivity contribution in [3.05, 3.63) is 65.5 Å². The van der Waals surface area contributed by atoms with Gasteiger partial charge in [-0.05, 0) is 30.7 Å². The lowest BCUT2D eigenvalue weighted by Crippen LogP contribution is -2.27. The van der Waals surface area contributed by atoms with Crippen LogP contribution in [0.2, 0.25) is 0 Å². The molecule has 21 heavy (non-hydrogen) atoms. The van der Waals surface area contributed by atoms with E-state index in [9.17, 15) is 14.3 Å². The lowest BCUT2D eigenvalue weighted by molar-refractivity contribution is 0.136. The Hall–Kier alpha value is -2.56. The average molecular weight is 289 g/mol. The smallest absolute Gasteiger partial charge is 0.407 e. The van der Waals surface area contributed by atoms with E-state index in [4.69, 9.17) is 4.74 Å². The maximum Gasteiger partial charge on any atom is 0.407 e. The Kier molecular flexibility index (Phi) is 4.77. The van der Waals surface area contributed by atoms with Gasteiger partial charge in [-0.25, -0.2) is 9.18 Å². The molecule has 2 rings (SSSR count). The standard InChI is InChI=1S/C16H16FNO3/c1-11(14-9-13(17)7-8-15(14)19)18-16(20)21-10-12-5-3-2-4-6-12/h2-9,11,19H,10H2,1H3,(H,18,20)/t11-/m1/s1. The van der Waals surface area contributed by atoms with E-state index in [1.807, 2.05) is 30.3 Å². The van der Waals surface area contributed by atoms with Crippen LogP contribution in [0.25, 0.3) is 0 Å². The zero-order valence-electron chi connectivity index (χ0n) is 11.5. The van der Waals surface area contributed by atoms with E-state index in [1.165, 1.54) is 12.1 Å². The number of hydrogen-bond acceptors (Lipinski definition) is 3. The molecule has 5 heteroatoms. The summed E-state index contributed by atoms with van der Waals surface area (Å²) >= 11 is 0. The minimum atomic E-state index is -0.630. The number of alkyl carbamates (subject to hydrolysis) is 1. The molecule has 0 fully saturated rings. The fourth-order valence-electron chi connectivity index (χ4n) is 1.89. The Morgan fingerprint density at radius 1 is 1.29 bits per heavy atom. The Bertz CT molecular complexity index is 616. The van der Waals surface area contributed by atoms with Gasteiger partial charge in [-0.1, -0.05) is 30.3 Å². The number of aromatic hydroxyl groups is 1. The summed E-state index contributed by atoms with van der Waals surface area (Å²) in [5.41, 5.74) is 1.17. The van der Waals surface area contributed by atoms with Crippen molar-refractivity contribution in [3.63, 3.8) is 0 Å². The third-order valence-electron chi connectivity index (χ3n) is 3.00. The number of carbonyl (C=O) groups excluding carboxylic acids is 1. The summed E-state index contributed by atoms with van der Waals surface area (Å²) in [6, 6.07) is 12.3. The SMILES string of the molecule is C[C@@H](NC(=O)OCc1ccccc1)c1cc(F)ccc1O. The second-order valence-corrected chi connectivity index (χ2v) is 4.63. The molecule has 1 atom stereocenters. The molecule has 0 bridgehead atoms. The van der Waals surface area contributed by atoms with Crippen molar-refractivity contribution in [3.8, 4) is 5.75 Å². The first-order valence-electron chi connectivity index (χ1n) is 6.52. The van der Waals surface area contributed by atoms with Crippen molar-refractivity contribution in [1.82, 2.24) is 5.32 Å². The van der Waals surface area contributed by atoms with Gasteiger partial charge in [0, 0.05) is 5.56 Å². The van der Waals surface area contributed by atoms with Crippen molar-refractivity contribution >= 4 is 6.09 Å². The van der Waals surface area contributed by atoms with Crippen LogP contribution in [0.3, 0.4) is 0 Å². The molecule has 0 radical (unpaired) electrons. The molecule has 4 nitrogen and oxygen atoms in total. The number of amides is 1. The van der Waals surface area contributed by atoms with Crippen molar-refractivity contribution in [1.29, 1.82) is 0 Å². The highest BCUT2D eigenvalue weighted by molar-refractivity contribution is 5.68. The highest BCUT2D eigenvalue weighted by Crippen LogP contribution is 2.24. The first-order chi connectivity index (χ1) is 10.1. The zero-order chi connectivity index (χ0) is 15.2. The molecule has 0 saturated carbocycles. The van der Waals surface area contributed by atoms with Crippen molar-refractivity contribution < 1.29 is 19.0 Å². The highest BCUT2D eigenvalue weighted by Gasteiger charge is 2.14. The Morgan fingerprint density at radius 2 is 2.00 bits per heavy atom. The third-order valence-corrected chi connectivity index (χ3v) is 3.00. The first-order valence-corrected chi connectivity index (χ1v) is 6.52. The van der Waals surface area contributed by atoms with Gasteiger partial charge in [0.25, 0.3) is 0 Å². The molecule has 0 unspecified atom stereocenters. The molecule has 2 N–H and O–H groups in total. The van der Waals surface area contributed by atoms with E-state index >= 15 is 0 Å². The molecule has 0 heterocycles. The van der Waals surface area contributed by atoms with E-state index in [-0.39, 0.29) is 12.4 Å². The number of phenols is 1. The maximum absolute atomic E-state index is 13.2. The van der Waals surface area contributed by atoms with Gasteiger partial charge in [-0.3, -0.25) is 0 Å². The Labute approximate surface area is 122 Å². The van der Waals surface area contributed by atoms with Crippen LogP contribution in [-0.2, 0) is 11.3 Å². The highest BCUT2D eigenvalue weighted by atomic mass is 19.1. The monoisotopic (exact) mass is 289 g/mol. The summed E-state index contributed by atoms with van der Waals surface area (Å²) in [4.78, 5) is 11.7. The second kappa shape index (κ2) is 6.74. The molecule has 1 amide bonds. The fourth-order valence-corrected chi connectivity index (χ4v) is 1.89.